The van der Waals surface area contributed by atoms with Gasteiger partial charge in [0.25, 0.3) is 5.91 Å². The van der Waals surface area contributed by atoms with Gasteiger partial charge in [0, 0.05) is 18.7 Å². The average Bonchev–Trinajstić information content (AvgIpc) is 3.34. The van der Waals surface area contributed by atoms with Crippen molar-refractivity contribution in [2.75, 3.05) is 24.5 Å². The number of hydrogen-bond acceptors (Lipinski definition) is 5. The molecule has 2 saturated heterocycles. The first-order valence-electron chi connectivity index (χ1n) is 10.4. The Morgan fingerprint density at radius 3 is 2.77 bits per heavy atom. The molecule has 4 rings (SSSR count). The summed E-state index contributed by atoms with van der Waals surface area (Å²) in [5, 5.41) is 14.8. The summed E-state index contributed by atoms with van der Waals surface area (Å²) < 4.78 is 1.89. The van der Waals surface area contributed by atoms with Gasteiger partial charge in [-0.1, -0.05) is 17.3 Å². The smallest absolute Gasteiger partial charge is 0.274 e. The van der Waals surface area contributed by atoms with E-state index in [0.29, 0.717) is 12.1 Å². The summed E-state index contributed by atoms with van der Waals surface area (Å²) in [6, 6.07) is 7.90. The Kier molecular flexibility index (Phi) is 7.10. The normalized spacial score (nSPS) is 18.2. The monoisotopic (exact) mass is 432 g/mol. The second-order valence-corrected chi connectivity index (χ2v) is 7.89. The molecule has 0 aliphatic carbocycles. The first kappa shape index (κ1) is 22.2. The van der Waals surface area contributed by atoms with Crippen molar-refractivity contribution in [3.05, 3.63) is 41.2 Å². The van der Waals surface area contributed by atoms with Crippen LogP contribution in [-0.4, -0.2) is 46.4 Å². The van der Waals surface area contributed by atoms with Crippen molar-refractivity contribution in [3.8, 4) is 0 Å². The minimum Gasteiger partial charge on any atom is -0.344 e. The molecule has 9 heteroatoms. The predicted molar refractivity (Wildman–Crippen MR) is 117 cm³/mol. The molecule has 2 amide bonds. The van der Waals surface area contributed by atoms with E-state index in [-0.39, 0.29) is 36.3 Å². The van der Waals surface area contributed by atoms with Crippen LogP contribution in [0.3, 0.4) is 0 Å². The molecule has 3 heterocycles. The zero-order valence-electron chi connectivity index (χ0n) is 17.4. The first-order chi connectivity index (χ1) is 14.0. The largest absolute Gasteiger partial charge is 0.344 e. The van der Waals surface area contributed by atoms with Crippen molar-refractivity contribution in [2.45, 2.75) is 51.6 Å². The fourth-order valence-corrected chi connectivity index (χ4v) is 4.18. The van der Waals surface area contributed by atoms with Crippen LogP contribution in [0.5, 0.6) is 0 Å². The van der Waals surface area contributed by atoms with E-state index in [9.17, 15) is 9.59 Å². The number of nitrogens with zero attached hydrogens (tertiary/aromatic N) is 4. The lowest BCUT2D eigenvalue weighted by molar-refractivity contribution is -0.117. The highest BCUT2D eigenvalue weighted by molar-refractivity contribution is 5.95. The lowest BCUT2D eigenvalue weighted by Crippen LogP contribution is -2.31. The van der Waals surface area contributed by atoms with Gasteiger partial charge < -0.3 is 15.5 Å². The lowest BCUT2D eigenvalue weighted by atomic mass is 10.1. The highest BCUT2D eigenvalue weighted by Crippen LogP contribution is 2.25. The Morgan fingerprint density at radius 2 is 2.07 bits per heavy atom. The van der Waals surface area contributed by atoms with Crippen LogP contribution in [0.2, 0.25) is 0 Å². The minimum absolute atomic E-state index is 0. The van der Waals surface area contributed by atoms with Crippen LogP contribution < -0.4 is 15.5 Å². The van der Waals surface area contributed by atoms with Crippen molar-refractivity contribution in [3.63, 3.8) is 0 Å². The van der Waals surface area contributed by atoms with Crippen LogP contribution >= 0.6 is 12.4 Å². The van der Waals surface area contributed by atoms with Gasteiger partial charge >= 0.3 is 0 Å². The van der Waals surface area contributed by atoms with Gasteiger partial charge in [-0.25, -0.2) is 4.68 Å². The summed E-state index contributed by atoms with van der Waals surface area (Å²) in [5.74, 6) is -0.0678. The maximum absolute atomic E-state index is 12.8. The molecule has 0 saturated carbocycles. The topological polar surface area (TPSA) is 92.2 Å². The Balaban J connectivity index is 0.00000256. The molecule has 2 aliphatic rings. The summed E-state index contributed by atoms with van der Waals surface area (Å²) in [7, 11) is 0. The Hall–Kier alpha value is -2.45. The Bertz CT molecular complexity index is 909. The minimum atomic E-state index is -0.224. The second kappa shape index (κ2) is 9.57. The van der Waals surface area contributed by atoms with Crippen LogP contribution in [0.4, 0.5) is 5.69 Å². The van der Waals surface area contributed by atoms with E-state index < -0.39 is 0 Å². The van der Waals surface area contributed by atoms with E-state index in [1.165, 1.54) is 0 Å². The summed E-state index contributed by atoms with van der Waals surface area (Å²) in [6.45, 7) is 6.51. The van der Waals surface area contributed by atoms with E-state index in [4.69, 9.17) is 0 Å². The molecule has 0 radical (unpaired) electrons. The molecule has 0 bridgehead atoms. The van der Waals surface area contributed by atoms with Crippen molar-refractivity contribution < 1.29 is 9.59 Å². The fourth-order valence-electron chi connectivity index (χ4n) is 4.18. The van der Waals surface area contributed by atoms with Gasteiger partial charge in [0.15, 0.2) is 5.69 Å². The van der Waals surface area contributed by atoms with Gasteiger partial charge in [0.2, 0.25) is 5.91 Å². The highest BCUT2D eigenvalue weighted by atomic mass is 35.5. The predicted octanol–water partition coefficient (Wildman–Crippen LogP) is 2.55. The molecule has 162 valence electrons. The summed E-state index contributed by atoms with van der Waals surface area (Å²) >= 11 is 0. The molecule has 1 unspecified atom stereocenters. The molecule has 2 fully saturated rings. The number of halogens is 1. The third kappa shape index (κ3) is 4.49. The maximum atomic E-state index is 12.8. The van der Waals surface area contributed by atoms with Crippen LogP contribution in [-0.2, 0) is 4.79 Å². The van der Waals surface area contributed by atoms with Crippen molar-refractivity contribution in [2.24, 2.45) is 0 Å². The van der Waals surface area contributed by atoms with Crippen molar-refractivity contribution >= 4 is 29.9 Å². The van der Waals surface area contributed by atoms with E-state index in [1.807, 2.05) is 47.7 Å². The number of aromatic nitrogens is 3. The zero-order valence-corrected chi connectivity index (χ0v) is 18.2. The summed E-state index contributed by atoms with van der Waals surface area (Å²) in [6.07, 6.45) is 3.47. The molecular formula is C21H29ClN6O2. The van der Waals surface area contributed by atoms with Gasteiger partial charge in [0.1, 0.15) is 0 Å². The molecule has 1 atom stereocenters. The number of benzene rings is 1. The molecular weight excluding hydrogens is 404 g/mol. The van der Waals surface area contributed by atoms with E-state index in [2.05, 4.69) is 20.9 Å². The van der Waals surface area contributed by atoms with Crippen LogP contribution in [0, 0.1) is 6.92 Å². The number of amides is 2. The Labute approximate surface area is 182 Å². The van der Waals surface area contributed by atoms with Crippen molar-refractivity contribution in [1.29, 1.82) is 0 Å². The number of hydrogen-bond donors (Lipinski definition) is 2. The summed E-state index contributed by atoms with van der Waals surface area (Å²) in [4.78, 5) is 26.7. The van der Waals surface area contributed by atoms with Crippen molar-refractivity contribution in [1.82, 2.24) is 25.6 Å². The van der Waals surface area contributed by atoms with Gasteiger partial charge in [-0.05, 0) is 63.9 Å². The molecule has 8 nitrogen and oxygen atoms in total. The molecule has 1 aromatic heterocycles. The number of anilines is 1. The highest BCUT2D eigenvalue weighted by Gasteiger charge is 2.25. The van der Waals surface area contributed by atoms with Crippen LogP contribution in [0.15, 0.2) is 24.3 Å². The number of piperidine rings is 1. The third-order valence-electron chi connectivity index (χ3n) is 5.90. The first-order valence-corrected chi connectivity index (χ1v) is 10.4. The van der Waals surface area contributed by atoms with Gasteiger partial charge in [0.05, 0.1) is 17.8 Å². The molecule has 0 spiro atoms. The molecule has 1 aromatic carbocycles. The lowest BCUT2D eigenvalue weighted by Gasteiger charge is -2.23. The standard InChI is InChI=1S/C21H28N6O2.ClH/c1-14(16-5-3-6-18(13-16)26-12-4-7-19(26)28)23-21(29)20-15(2)27(25-24-20)17-8-10-22-11-9-17;/h3,5-6,13-14,17,22H,4,7-12H2,1-2H3,(H,23,29);1H. The Morgan fingerprint density at radius 1 is 1.30 bits per heavy atom. The number of carbonyl (C=O) groups excluding carboxylic acids is 2. The molecule has 2 N–H and O–H groups in total. The van der Waals surface area contributed by atoms with E-state index >= 15 is 0 Å². The third-order valence-corrected chi connectivity index (χ3v) is 5.90. The maximum Gasteiger partial charge on any atom is 0.274 e. The van der Waals surface area contributed by atoms with Gasteiger partial charge in [-0.3, -0.25) is 9.59 Å². The quantitative estimate of drug-likeness (QED) is 0.757. The van der Waals surface area contributed by atoms with E-state index in [0.717, 1.165) is 55.8 Å². The van der Waals surface area contributed by atoms with Crippen LogP contribution in [0.25, 0.3) is 0 Å². The zero-order chi connectivity index (χ0) is 20.4. The molecule has 2 aliphatic heterocycles. The van der Waals surface area contributed by atoms with E-state index in [1.54, 1.807) is 0 Å². The SMILES string of the molecule is Cc1c(C(=O)NC(C)c2cccc(N3CCCC3=O)c2)nnn1C1CCNCC1.Cl. The van der Waals surface area contributed by atoms with Gasteiger partial charge in [-0.2, -0.15) is 0 Å². The summed E-state index contributed by atoms with van der Waals surface area (Å²) in [5.41, 5.74) is 3.03. The van der Waals surface area contributed by atoms with Crippen LogP contribution in [0.1, 0.15) is 66.4 Å². The number of rotatable bonds is 5. The molecule has 30 heavy (non-hydrogen) atoms. The van der Waals surface area contributed by atoms with Gasteiger partial charge in [-0.15, -0.1) is 17.5 Å². The molecule has 2 aromatic rings. The average molecular weight is 433 g/mol. The second-order valence-electron chi connectivity index (χ2n) is 7.89. The number of nitrogens with one attached hydrogen (secondary N) is 2. The fraction of sp³-hybridized carbons (Fsp3) is 0.524. The number of carbonyl (C=O) groups is 2.